The van der Waals surface area contributed by atoms with Crippen molar-refractivity contribution in [3.05, 3.63) is 80.2 Å². The van der Waals surface area contributed by atoms with Gasteiger partial charge < -0.3 is 39.5 Å². The first-order chi connectivity index (χ1) is 27.5. The van der Waals surface area contributed by atoms with Crippen molar-refractivity contribution in [2.45, 2.75) is 51.5 Å². The van der Waals surface area contributed by atoms with Crippen LogP contribution in [0.25, 0.3) is 21.8 Å². The van der Waals surface area contributed by atoms with Crippen LogP contribution in [-0.2, 0) is 28.6 Å². The van der Waals surface area contributed by atoms with Gasteiger partial charge in [-0.05, 0) is 56.5 Å². The summed E-state index contributed by atoms with van der Waals surface area (Å²) >= 11 is 18.9. The van der Waals surface area contributed by atoms with E-state index in [1.54, 1.807) is 39.9 Å². The molecule has 0 bridgehead atoms. The number of likely N-dealkylation sites (tertiary alicyclic amines) is 1. The molecule has 17 heteroatoms. The number of hydrogen-bond donors (Lipinski definition) is 2. The van der Waals surface area contributed by atoms with Gasteiger partial charge in [0.15, 0.2) is 5.69 Å². The van der Waals surface area contributed by atoms with Crippen molar-refractivity contribution in [2.24, 2.45) is 0 Å². The zero-order valence-corrected chi connectivity index (χ0v) is 34.6. The molecule has 14 nitrogen and oxygen atoms in total. The lowest BCUT2D eigenvalue weighted by Crippen LogP contribution is -2.47. The molecule has 308 valence electrons. The monoisotopic (exact) mass is 845 g/mol. The van der Waals surface area contributed by atoms with E-state index >= 15 is 0 Å². The summed E-state index contributed by atoms with van der Waals surface area (Å²) in [5.41, 5.74) is 2.96. The molecule has 2 aromatic carbocycles. The maximum absolute atomic E-state index is 13.6. The van der Waals surface area contributed by atoms with Crippen LogP contribution < -0.4 is 10.6 Å². The van der Waals surface area contributed by atoms with Gasteiger partial charge in [-0.25, -0.2) is 11.3 Å². The molecule has 1 aromatic heterocycles. The molecule has 2 heterocycles. The normalized spacial score (nSPS) is 12.9. The summed E-state index contributed by atoms with van der Waals surface area (Å²) in [5.74, 6) is -1.09. The zero-order chi connectivity index (χ0) is 41.2. The van der Waals surface area contributed by atoms with Gasteiger partial charge in [0.1, 0.15) is 0 Å². The molecule has 0 atom stereocenters. The Balaban J connectivity index is 1.14. The van der Waals surface area contributed by atoms with Crippen LogP contribution in [-0.4, -0.2) is 129 Å². The molecule has 0 radical (unpaired) electrons. The number of amides is 4. The predicted molar refractivity (Wildman–Crippen MR) is 219 cm³/mol. The minimum atomic E-state index is -0.341. The topological polar surface area (TPSA) is 149 Å². The lowest BCUT2D eigenvalue weighted by Gasteiger charge is -2.32. The SMILES string of the molecule is [C-]#[N+]CCCOCCOCCOCCCNC(=O)CN(C)C(=O)CCC(=O)N1CCC(NC(=O)c2nn(-c3ccc(Cl)cc3Cl)c(-c3ccc(Cl)cc3)c2C)CC1. The van der Waals surface area contributed by atoms with Crippen molar-refractivity contribution in [3.8, 4) is 16.9 Å². The summed E-state index contributed by atoms with van der Waals surface area (Å²) in [6, 6.07) is 12.1. The van der Waals surface area contributed by atoms with Crippen molar-refractivity contribution >= 4 is 58.4 Å². The molecule has 4 amide bonds. The summed E-state index contributed by atoms with van der Waals surface area (Å²) in [6.45, 7) is 13.0. The summed E-state index contributed by atoms with van der Waals surface area (Å²) < 4.78 is 17.9. The Hall–Kier alpha value is -4.23. The fraction of sp³-hybridized carbons (Fsp3) is 0.500. The van der Waals surface area contributed by atoms with Crippen LogP contribution in [0.4, 0.5) is 0 Å². The Morgan fingerprint density at radius 3 is 2.18 bits per heavy atom. The molecule has 57 heavy (non-hydrogen) atoms. The summed E-state index contributed by atoms with van der Waals surface area (Å²) in [7, 11) is 1.54. The number of hydrogen-bond acceptors (Lipinski definition) is 8. The molecular weight excluding hydrogens is 797 g/mol. The molecule has 4 rings (SSSR count). The van der Waals surface area contributed by atoms with Crippen LogP contribution in [0, 0.1) is 13.5 Å². The van der Waals surface area contributed by atoms with Gasteiger partial charge in [-0.15, -0.1) is 0 Å². The highest BCUT2D eigenvalue weighted by Gasteiger charge is 2.28. The molecule has 0 unspecified atom stereocenters. The number of piperidine rings is 1. The number of likely N-dealkylation sites (N-methyl/N-ethyl adjacent to an activating group) is 1. The number of nitrogens with zero attached hydrogens (tertiary/aromatic N) is 5. The molecular formula is C40H50Cl3N7O7. The number of carbonyl (C=O) groups is 4. The van der Waals surface area contributed by atoms with E-state index in [4.69, 9.17) is 60.7 Å². The highest BCUT2D eigenvalue weighted by atomic mass is 35.5. The first-order valence-corrected chi connectivity index (χ1v) is 20.1. The maximum atomic E-state index is 13.6. The van der Waals surface area contributed by atoms with Gasteiger partial charge in [0.2, 0.25) is 24.3 Å². The lowest BCUT2D eigenvalue weighted by atomic mass is 10.0. The maximum Gasteiger partial charge on any atom is 0.272 e. The molecule has 0 saturated carbocycles. The van der Waals surface area contributed by atoms with Gasteiger partial charge in [-0.3, -0.25) is 19.2 Å². The zero-order valence-electron chi connectivity index (χ0n) is 32.4. The minimum absolute atomic E-state index is 0.0148. The number of ether oxygens (including phenoxy) is 3. The van der Waals surface area contributed by atoms with E-state index in [1.807, 2.05) is 19.1 Å². The number of nitrogens with one attached hydrogen (secondary N) is 2. The van der Waals surface area contributed by atoms with Crippen molar-refractivity contribution in [1.82, 2.24) is 30.2 Å². The number of halogens is 3. The molecule has 2 N–H and O–H groups in total. The van der Waals surface area contributed by atoms with Crippen LogP contribution in [0.2, 0.25) is 15.1 Å². The Bertz CT molecular complexity index is 1840. The van der Waals surface area contributed by atoms with Crippen molar-refractivity contribution in [2.75, 3.05) is 79.4 Å². The van der Waals surface area contributed by atoms with Crippen molar-refractivity contribution in [1.29, 1.82) is 0 Å². The fourth-order valence-electron chi connectivity index (χ4n) is 6.12. The van der Waals surface area contributed by atoms with E-state index in [1.165, 1.54) is 11.9 Å². The van der Waals surface area contributed by atoms with Crippen molar-refractivity contribution in [3.63, 3.8) is 0 Å². The Morgan fingerprint density at radius 1 is 0.895 bits per heavy atom. The summed E-state index contributed by atoms with van der Waals surface area (Å²) in [5, 5.41) is 12.0. The number of carbonyl (C=O) groups excluding carboxylic acids is 4. The molecule has 0 aliphatic carbocycles. The first-order valence-electron chi connectivity index (χ1n) is 18.9. The van der Waals surface area contributed by atoms with Gasteiger partial charge in [0.25, 0.3) is 5.91 Å². The molecule has 1 aliphatic heterocycles. The van der Waals surface area contributed by atoms with Crippen LogP contribution in [0.15, 0.2) is 42.5 Å². The van der Waals surface area contributed by atoms with E-state index in [2.05, 4.69) is 15.5 Å². The third kappa shape index (κ3) is 14.6. The van der Waals surface area contributed by atoms with Gasteiger partial charge in [-0.1, -0.05) is 46.9 Å². The van der Waals surface area contributed by atoms with Gasteiger partial charge in [-0.2, -0.15) is 5.10 Å². The number of benzene rings is 2. The highest BCUT2D eigenvalue weighted by Crippen LogP contribution is 2.33. The predicted octanol–water partition coefficient (Wildman–Crippen LogP) is 5.63. The highest BCUT2D eigenvalue weighted by molar-refractivity contribution is 6.35. The van der Waals surface area contributed by atoms with Crippen LogP contribution in [0.1, 0.15) is 54.6 Å². The summed E-state index contributed by atoms with van der Waals surface area (Å²) in [6.07, 6.45) is 2.42. The second-order valence-corrected chi connectivity index (χ2v) is 14.8. The summed E-state index contributed by atoms with van der Waals surface area (Å²) in [4.78, 5) is 58.0. The van der Waals surface area contributed by atoms with E-state index in [9.17, 15) is 19.2 Å². The number of rotatable bonds is 22. The van der Waals surface area contributed by atoms with Crippen LogP contribution in [0.3, 0.4) is 0 Å². The second kappa shape index (κ2) is 23.9. The standard InChI is InChI=1S/C40H50Cl3N7O7/c1-28-38(47-50(34-11-10-31(42)26-33(34)43)39(28)29-6-8-30(41)9-7-29)40(54)46-32-14-18-49(19-15-32)37(53)13-12-36(52)48(3)27-35(51)45-17-5-21-56-23-25-57-24-22-55-20-4-16-44-2/h6-11,26,32H,4-5,12-25,27H2,1,3H3,(H,45,51)(H,46,54). The Kier molecular flexibility index (Phi) is 19.0. The van der Waals surface area contributed by atoms with E-state index in [0.717, 1.165) is 12.0 Å². The largest absolute Gasteiger partial charge is 0.379 e. The first kappa shape index (κ1) is 45.5. The molecule has 0 spiro atoms. The second-order valence-electron chi connectivity index (χ2n) is 13.5. The van der Waals surface area contributed by atoms with Gasteiger partial charge in [0.05, 0.1) is 56.0 Å². The Labute approximate surface area is 348 Å². The van der Waals surface area contributed by atoms with E-state index in [0.29, 0.717) is 117 Å². The van der Waals surface area contributed by atoms with Gasteiger partial charge in [0, 0.05) is 79.8 Å². The molecule has 1 fully saturated rings. The number of aromatic nitrogens is 2. The minimum Gasteiger partial charge on any atom is -0.379 e. The smallest absolute Gasteiger partial charge is 0.272 e. The molecule has 1 aliphatic rings. The van der Waals surface area contributed by atoms with Crippen LogP contribution in [0.5, 0.6) is 0 Å². The van der Waals surface area contributed by atoms with Crippen LogP contribution >= 0.6 is 34.8 Å². The third-order valence-corrected chi connectivity index (χ3v) is 10.0. The lowest BCUT2D eigenvalue weighted by molar-refractivity contribution is -0.138. The average molecular weight is 847 g/mol. The van der Waals surface area contributed by atoms with E-state index in [-0.39, 0.29) is 54.8 Å². The quantitative estimate of drug-likeness (QED) is 0.0977. The van der Waals surface area contributed by atoms with Gasteiger partial charge >= 0.3 is 0 Å². The molecule has 1 saturated heterocycles. The fourth-order valence-corrected chi connectivity index (χ4v) is 6.74. The van der Waals surface area contributed by atoms with E-state index < -0.39 is 0 Å². The third-order valence-electron chi connectivity index (χ3n) is 9.23. The molecule has 3 aromatic rings. The van der Waals surface area contributed by atoms with Crippen molar-refractivity contribution < 1.29 is 33.4 Å². The Morgan fingerprint density at radius 2 is 1.53 bits per heavy atom. The average Bonchev–Trinajstić information content (AvgIpc) is 3.53.